The molecule has 0 spiro atoms. The molecule has 3 aromatic rings. The van der Waals surface area contributed by atoms with E-state index in [1.54, 1.807) is 42.0 Å². The van der Waals surface area contributed by atoms with Crippen molar-refractivity contribution in [2.24, 2.45) is 0 Å². The number of imide groups is 1. The Labute approximate surface area is 162 Å². The molecule has 1 N–H and O–H groups in total. The molecule has 8 heteroatoms. The smallest absolute Gasteiger partial charge is 0.278 e. The van der Waals surface area contributed by atoms with Gasteiger partial charge >= 0.3 is 0 Å². The number of nitrogens with one attached hydrogen (secondary N) is 1. The van der Waals surface area contributed by atoms with Crippen molar-refractivity contribution in [3.8, 4) is 0 Å². The average molecular weight is 397 g/mol. The van der Waals surface area contributed by atoms with Crippen molar-refractivity contribution in [3.05, 3.63) is 88.0 Å². The number of rotatable bonds is 5. The van der Waals surface area contributed by atoms with Crippen LogP contribution >= 0.6 is 11.3 Å². The van der Waals surface area contributed by atoms with Gasteiger partial charge in [-0.25, -0.2) is 8.78 Å². The fourth-order valence-corrected chi connectivity index (χ4v) is 3.64. The first kappa shape index (κ1) is 18.0. The Morgan fingerprint density at radius 2 is 1.79 bits per heavy atom. The summed E-state index contributed by atoms with van der Waals surface area (Å²) in [6, 6.07) is 10.1. The zero-order chi connectivity index (χ0) is 19.7. The van der Waals surface area contributed by atoms with Crippen LogP contribution in [0.25, 0.3) is 5.57 Å². The molecule has 140 valence electrons. The molecule has 0 radical (unpaired) electrons. The minimum atomic E-state index is -1.05. The van der Waals surface area contributed by atoms with Crippen LogP contribution in [-0.2, 0) is 16.1 Å². The third-order valence-electron chi connectivity index (χ3n) is 4.21. The first-order valence-electron chi connectivity index (χ1n) is 8.30. The summed E-state index contributed by atoms with van der Waals surface area (Å²) in [5, 5.41) is 4.59. The number of amides is 2. The minimum Gasteiger partial charge on any atom is -0.350 e. The highest BCUT2D eigenvalue weighted by Gasteiger charge is 2.39. The molecule has 0 bridgehead atoms. The molecule has 28 heavy (non-hydrogen) atoms. The van der Waals surface area contributed by atoms with Crippen LogP contribution in [0, 0.1) is 11.6 Å². The van der Waals surface area contributed by atoms with Crippen molar-refractivity contribution < 1.29 is 18.4 Å². The number of pyridine rings is 1. The number of thiophene rings is 1. The van der Waals surface area contributed by atoms with E-state index in [1.165, 1.54) is 17.4 Å². The number of carbonyl (C=O) groups excluding carboxylic acids is 2. The molecule has 2 amide bonds. The van der Waals surface area contributed by atoms with Gasteiger partial charge in [0.15, 0.2) is 11.6 Å². The van der Waals surface area contributed by atoms with Crippen LogP contribution in [0.2, 0.25) is 0 Å². The largest absolute Gasteiger partial charge is 0.350 e. The Kier molecular flexibility index (Phi) is 4.70. The number of anilines is 1. The highest BCUT2D eigenvalue weighted by atomic mass is 32.1. The fourth-order valence-electron chi connectivity index (χ4n) is 2.87. The van der Waals surface area contributed by atoms with E-state index >= 15 is 0 Å². The van der Waals surface area contributed by atoms with Gasteiger partial charge in [-0.3, -0.25) is 19.5 Å². The summed E-state index contributed by atoms with van der Waals surface area (Å²) in [4.78, 5) is 31.6. The van der Waals surface area contributed by atoms with Gasteiger partial charge in [-0.2, -0.15) is 0 Å². The Hall–Kier alpha value is -3.39. The van der Waals surface area contributed by atoms with Crippen LogP contribution in [0.1, 0.15) is 10.4 Å². The lowest BCUT2D eigenvalue weighted by Gasteiger charge is -2.15. The summed E-state index contributed by atoms with van der Waals surface area (Å²) >= 11 is 1.31. The summed E-state index contributed by atoms with van der Waals surface area (Å²) in [7, 11) is 0. The summed E-state index contributed by atoms with van der Waals surface area (Å²) < 4.78 is 26.8. The van der Waals surface area contributed by atoms with Gasteiger partial charge in [-0.15, -0.1) is 11.3 Å². The van der Waals surface area contributed by atoms with Crippen molar-refractivity contribution in [1.29, 1.82) is 0 Å². The summed E-state index contributed by atoms with van der Waals surface area (Å²) in [5.41, 5.74) is 1.16. The molecule has 0 fully saturated rings. The third-order valence-corrected chi connectivity index (χ3v) is 5.10. The lowest BCUT2D eigenvalue weighted by molar-refractivity contribution is -0.137. The Morgan fingerprint density at radius 1 is 1.00 bits per heavy atom. The van der Waals surface area contributed by atoms with Gasteiger partial charge in [-0.1, -0.05) is 6.07 Å². The molecule has 0 unspecified atom stereocenters. The second kappa shape index (κ2) is 7.32. The molecule has 1 aliphatic heterocycles. The monoisotopic (exact) mass is 397 g/mol. The normalized spacial score (nSPS) is 14.1. The van der Waals surface area contributed by atoms with Gasteiger partial charge in [0.2, 0.25) is 0 Å². The van der Waals surface area contributed by atoms with Crippen molar-refractivity contribution in [2.75, 3.05) is 5.32 Å². The first-order valence-corrected chi connectivity index (χ1v) is 9.18. The second-order valence-electron chi connectivity index (χ2n) is 6.03. The number of hydrogen-bond acceptors (Lipinski definition) is 5. The van der Waals surface area contributed by atoms with Crippen molar-refractivity contribution in [3.63, 3.8) is 0 Å². The lowest BCUT2D eigenvalue weighted by atomic mass is 10.2. The van der Waals surface area contributed by atoms with Crippen LogP contribution < -0.4 is 5.32 Å². The highest BCUT2D eigenvalue weighted by Crippen LogP contribution is 2.33. The molecule has 1 aliphatic rings. The van der Waals surface area contributed by atoms with E-state index in [0.29, 0.717) is 4.88 Å². The van der Waals surface area contributed by atoms with E-state index in [2.05, 4.69) is 10.3 Å². The van der Waals surface area contributed by atoms with Gasteiger partial charge < -0.3 is 5.32 Å². The third kappa shape index (κ3) is 3.29. The first-order chi connectivity index (χ1) is 13.5. The molecule has 0 saturated carbocycles. The Balaban J connectivity index is 1.72. The SMILES string of the molecule is O=C1C(Nc2ccc(F)c(F)c2)=C(c2cccs2)C(=O)N1Cc1ccncc1. The van der Waals surface area contributed by atoms with E-state index in [1.807, 2.05) is 0 Å². The quantitative estimate of drug-likeness (QED) is 0.665. The number of nitrogens with zero attached hydrogens (tertiary/aromatic N) is 2. The van der Waals surface area contributed by atoms with Crippen LogP contribution in [0.5, 0.6) is 0 Å². The highest BCUT2D eigenvalue weighted by molar-refractivity contribution is 7.11. The van der Waals surface area contributed by atoms with Crippen molar-refractivity contribution in [1.82, 2.24) is 9.88 Å². The fraction of sp³-hybridized carbons (Fsp3) is 0.0500. The number of aromatic nitrogens is 1. The second-order valence-corrected chi connectivity index (χ2v) is 6.98. The number of halogens is 2. The van der Waals surface area contributed by atoms with Crippen LogP contribution in [0.3, 0.4) is 0 Å². The molecule has 0 atom stereocenters. The number of benzene rings is 1. The molecule has 0 aliphatic carbocycles. The van der Waals surface area contributed by atoms with E-state index in [4.69, 9.17) is 0 Å². The summed E-state index contributed by atoms with van der Waals surface area (Å²) in [6.07, 6.45) is 3.16. The number of hydrogen-bond donors (Lipinski definition) is 1. The lowest BCUT2D eigenvalue weighted by Crippen LogP contribution is -2.31. The topological polar surface area (TPSA) is 62.3 Å². The van der Waals surface area contributed by atoms with Crippen molar-refractivity contribution in [2.45, 2.75) is 6.54 Å². The zero-order valence-electron chi connectivity index (χ0n) is 14.4. The van der Waals surface area contributed by atoms with Crippen LogP contribution in [-0.4, -0.2) is 21.7 Å². The molecule has 0 saturated heterocycles. The van der Waals surface area contributed by atoms with Gasteiger partial charge in [0.25, 0.3) is 11.8 Å². The van der Waals surface area contributed by atoms with E-state index < -0.39 is 23.4 Å². The van der Waals surface area contributed by atoms with E-state index in [9.17, 15) is 18.4 Å². The minimum absolute atomic E-state index is 0.0347. The zero-order valence-corrected chi connectivity index (χ0v) is 15.2. The Morgan fingerprint density at radius 3 is 2.46 bits per heavy atom. The van der Waals surface area contributed by atoms with Crippen molar-refractivity contribution >= 4 is 34.4 Å². The predicted octanol–water partition coefficient (Wildman–Crippen LogP) is 3.81. The maximum atomic E-state index is 13.6. The van der Waals surface area contributed by atoms with Gasteiger partial charge in [0.05, 0.1) is 12.1 Å². The van der Waals surface area contributed by atoms with Gasteiger partial charge in [0.1, 0.15) is 5.70 Å². The van der Waals surface area contributed by atoms with Gasteiger partial charge in [-0.05, 0) is 41.3 Å². The summed E-state index contributed by atoms with van der Waals surface area (Å²) in [6.45, 7) is 0.0814. The van der Waals surface area contributed by atoms with Gasteiger partial charge in [0, 0.05) is 29.0 Å². The standard InChI is InChI=1S/C20H13F2N3O2S/c21-14-4-3-13(10-15(14)22)24-18-17(16-2-1-9-28-16)19(26)25(20(18)27)11-12-5-7-23-8-6-12/h1-10,24H,11H2. The van der Waals surface area contributed by atoms with Crippen LogP contribution in [0.4, 0.5) is 14.5 Å². The Bertz CT molecular complexity index is 1080. The molecule has 1 aromatic carbocycles. The predicted molar refractivity (Wildman–Crippen MR) is 101 cm³/mol. The molecular formula is C20H13F2N3O2S. The van der Waals surface area contributed by atoms with Crippen LogP contribution in [0.15, 0.2) is 65.9 Å². The summed E-state index contributed by atoms with van der Waals surface area (Å²) in [5.74, 6) is -3.02. The maximum absolute atomic E-state index is 13.6. The average Bonchev–Trinajstić information content (AvgIpc) is 3.29. The maximum Gasteiger partial charge on any atom is 0.278 e. The number of carbonyl (C=O) groups is 2. The molecular weight excluding hydrogens is 384 g/mol. The molecule has 5 nitrogen and oxygen atoms in total. The van der Waals surface area contributed by atoms with E-state index in [0.717, 1.165) is 22.6 Å². The molecule has 4 rings (SSSR count). The molecule has 3 heterocycles. The van der Waals surface area contributed by atoms with E-state index in [-0.39, 0.29) is 23.5 Å². The molecule has 2 aromatic heterocycles.